The largest absolute Gasteiger partial charge is 0.483 e. The molecular formula is C15H12ClIN2O3. The number of amides is 2. The van der Waals surface area contributed by atoms with Gasteiger partial charge in [-0.1, -0.05) is 17.7 Å². The lowest BCUT2D eigenvalue weighted by Crippen LogP contribution is -2.21. The highest BCUT2D eigenvalue weighted by atomic mass is 127. The molecule has 0 aliphatic rings. The number of carbonyl (C=O) groups is 2. The fraction of sp³-hybridized carbons (Fsp3) is 0.0667. The Bertz CT molecular complexity index is 722. The number of carbonyl (C=O) groups excluding carboxylic acids is 2. The molecule has 0 radical (unpaired) electrons. The van der Waals surface area contributed by atoms with E-state index in [4.69, 9.17) is 22.1 Å². The van der Waals surface area contributed by atoms with Gasteiger partial charge in [0.05, 0.1) is 5.56 Å². The lowest BCUT2D eigenvalue weighted by Gasteiger charge is -2.10. The van der Waals surface area contributed by atoms with E-state index in [1.54, 1.807) is 12.1 Å². The standard InChI is InChI=1S/C15H12ClIN2O3/c16-9-4-5-13(12(6-9)15(18)21)22-8-14(20)19-11-3-1-2-10(17)7-11/h1-7H,8H2,(H2,18,21)(H,19,20). The topological polar surface area (TPSA) is 81.4 Å². The lowest BCUT2D eigenvalue weighted by atomic mass is 10.2. The van der Waals surface area contributed by atoms with Gasteiger partial charge in [0.2, 0.25) is 0 Å². The van der Waals surface area contributed by atoms with Crippen LogP contribution in [-0.4, -0.2) is 18.4 Å². The zero-order valence-corrected chi connectivity index (χ0v) is 14.2. The van der Waals surface area contributed by atoms with Gasteiger partial charge in [0, 0.05) is 14.3 Å². The summed E-state index contributed by atoms with van der Waals surface area (Å²) in [6.45, 7) is -0.243. The molecule has 0 aromatic heterocycles. The molecule has 22 heavy (non-hydrogen) atoms. The van der Waals surface area contributed by atoms with E-state index in [2.05, 4.69) is 27.9 Å². The number of primary amides is 1. The minimum absolute atomic E-state index is 0.134. The summed E-state index contributed by atoms with van der Waals surface area (Å²) in [6.07, 6.45) is 0. The Morgan fingerprint density at radius 1 is 1.23 bits per heavy atom. The number of halogens is 2. The molecule has 0 unspecified atom stereocenters. The average molecular weight is 431 g/mol. The number of rotatable bonds is 5. The third-order valence-electron chi connectivity index (χ3n) is 2.67. The quantitative estimate of drug-likeness (QED) is 0.716. The Hall–Kier alpha value is -1.80. The maximum atomic E-state index is 11.9. The van der Waals surface area contributed by atoms with Crippen molar-refractivity contribution in [2.24, 2.45) is 5.73 Å². The molecule has 0 aliphatic heterocycles. The minimum Gasteiger partial charge on any atom is -0.483 e. The van der Waals surface area contributed by atoms with Crippen molar-refractivity contribution in [1.82, 2.24) is 0 Å². The van der Waals surface area contributed by atoms with Crippen LogP contribution in [0.25, 0.3) is 0 Å². The van der Waals surface area contributed by atoms with E-state index in [0.717, 1.165) is 3.57 Å². The molecule has 0 spiro atoms. The van der Waals surface area contributed by atoms with Crippen molar-refractivity contribution in [2.45, 2.75) is 0 Å². The highest BCUT2D eigenvalue weighted by Crippen LogP contribution is 2.22. The second-order valence-corrected chi connectivity index (χ2v) is 6.03. The third kappa shape index (κ3) is 4.60. The monoisotopic (exact) mass is 430 g/mol. The average Bonchev–Trinajstić information content (AvgIpc) is 2.45. The van der Waals surface area contributed by atoms with E-state index in [1.807, 2.05) is 18.2 Å². The zero-order chi connectivity index (χ0) is 16.1. The van der Waals surface area contributed by atoms with Crippen molar-refractivity contribution >= 4 is 51.7 Å². The molecule has 3 N–H and O–H groups in total. The van der Waals surface area contributed by atoms with Gasteiger partial charge in [0.15, 0.2) is 6.61 Å². The summed E-state index contributed by atoms with van der Waals surface area (Å²) in [4.78, 5) is 23.2. The van der Waals surface area contributed by atoms with E-state index < -0.39 is 5.91 Å². The van der Waals surface area contributed by atoms with Crippen LogP contribution in [0.4, 0.5) is 5.69 Å². The molecule has 0 heterocycles. The normalized spacial score (nSPS) is 10.1. The lowest BCUT2D eigenvalue weighted by molar-refractivity contribution is -0.118. The van der Waals surface area contributed by atoms with Crippen molar-refractivity contribution in [3.05, 3.63) is 56.6 Å². The second-order valence-electron chi connectivity index (χ2n) is 4.35. The van der Waals surface area contributed by atoms with Gasteiger partial charge < -0.3 is 15.8 Å². The first-order chi connectivity index (χ1) is 10.5. The van der Waals surface area contributed by atoms with Gasteiger partial charge in [-0.05, 0) is 59.0 Å². The van der Waals surface area contributed by atoms with Crippen LogP contribution in [0.2, 0.25) is 5.02 Å². The van der Waals surface area contributed by atoms with Gasteiger partial charge in [-0.3, -0.25) is 9.59 Å². The van der Waals surface area contributed by atoms with Crippen LogP contribution in [0.15, 0.2) is 42.5 Å². The molecule has 0 aliphatic carbocycles. The van der Waals surface area contributed by atoms with E-state index in [-0.39, 0.29) is 23.8 Å². The molecule has 2 aromatic rings. The summed E-state index contributed by atoms with van der Waals surface area (Å²) in [5.74, 6) is -0.794. The van der Waals surface area contributed by atoms with Gasteiger partial charge in [0.1, 0.15) is 5.75 Å². The molecular weight excluding hydrogens is 419 g/mol. The van der Waals surface area contributed by atoms with Crippen LogP contribution in [0.3, 0.4) is 0 Å². The second kappa shape index (κ2) is 7.46. The van der Waals surface area contributed by atoms with E-state index in [9.17, 15) is 9.59 Å². The minimum atomic E-state index is -0.671. The first-order valence-electron chi connectivity index (χ1n) is 6.23. The molecule has 7 heteroatoms. The van der Waals surface area contributed by atoms with Crippen molar-refractivity contribution in [3.63, 3.8) is 0 Å². The smallest absolute Gasteiger partial charge is 0.262 e. The molecule has 0 saturated carbocycles. The van der Waals surface area contributed by atoms with Crippen LogP contribution >= 0.6 is 34.2 Å². The summed E-state index contributed by atoms with van der Waals surface area (Å²) in [5, 5.41) is 3.07. The number of nitrogens with two attached hydrogens (primary N) is 1. The maximum absolute atomic E-state index is 11.9. The summed E-state index contributed by atoms with van der Waals surface area (Å²) in [5.41, 5.74) is 6.06. The summed E-state index contributed by atoms with van der Waals surface area (Å²) >= 11 is 7.95. The number of hydrogen-bond acceptors (Lipinski definition) is 3. The summed E-state index contributed by atoms with van der Waals surface area (Å²) in [7, 11) is 0. The van der Waals surface area contributed by atoms with Crippen LogP contribution in [0, 0.1) is 3.57 Å². The first kappa shape index (κ1) is 16.6. The predicted molar refractivity (Wildman–Crippen MR) is 93.3 cm³/mol. The highest BCUT2D eigenvalue weighted by Gasteiger charge is 2.12. The molecule has 5 nitrogen and oxygen atoms in total. The number of hydrogen-bond donors (Lipinski definition) is 2. The number of nitrogens with one attached hydrogen (secondary N) is 1. The van der Waals surface area contributed by atoms with Crippen LogP contribution in [-0.2, 0) is 4.79 Å². The molecule has 114 valence electrons. The Kier molecular flexibility index (Phi) is 5.62. The molecule has 0 saturated heterocycles. The van der Waals surface area contributed by atoms with Crippen molar-refractivity contribution in [2.75, 3.05) is 11.9 Å². The van der Waals surface area contributed by atoms with Crippen LogP contribution in [0.1, 0.15) is 10.4 Å². The van der Waals surface area contributed by atoms with Gasteiger partial charge in [0.25, 0.3) is 11.8 Å². The molecule has 2 amide bonds. The van der Waals surface area contributed by atoms with Crippen LogP contribution in [0.5, 0.6) is 5.75 Å². The van der Waals surface area contributed by atoms with Gasteiger partial charge >= 0.3 is 0 Å². The van der Waals surface area contributed by atoms with E-state index in [1.165, 1.54) is 12.1 Å². The van der Waals surface area contributed by atoms with Crippen molar-refractivity contribution in [1.29, 1.82) is 0 Å². The zero-order valence-electron chi connectivity index (χ0n) is 11.3. The van der Waals surface area contributed by atoms with Gasteiger partial charge in [-0.15, -0.1) is 0 Å². The fourth-order valence-corrected chi connectivity index (χ4v) is 2.44. The van der Waals surface area contributed by atoms with Gasteiger partial charge in [-0.25, -0.2) is 0 Å². The fourth-order valence-electron chi connectivity index (χ4n) is 1.73. The number of benzene rings is 2. The third-order valence-corrected chi connectivity index (χ3v) is 3.58. The van der Waals surface area contributed by atoms with Gasteiger partial charge in [-0.2, -0.15) is 0 Å². The summed E-state index contributed by atoms with van der Waals surface area (Å²) < 4.78 is 6.35. The molecule has 0 fully saturated rings. The van der Waals surface area contributed by atoms with Crippen LogP contribution < -0.4 is 15.8 Å². The Labute approximate surface area is 145 Å². The number of ether oxygens (including phenoxy) is 1. The van der Waals surface area contributed by atoms with Crippen molar-refractivity contribution in [3.8, 4) is 5.75 Å². The maximum Gasteiger partial charge on any atom is 0.262 e. The summed E-state index contributed by atoms with van der Waals surface area (Å²) in [6, 6.07) is 11.8. The SMILES string of the molecule is NC(=O)c1cc(Cl)ccc1OCC(=O)Nc1cccc(I)c1. The molecule has 0 atom stereocenters. The van der Waals surface area contributed by atoms with E-state index >= 15 is 0 Å². The molecule has 2 rings (SSSR count). The predicted octanol–water partition coefficient (Wildman–Crippen LogP) is 3.06. The first-order valence-corrected chi connectivity index (χ1v) is 7.69. The van der Waals surface area contributed by atoms with Crippen molar-refractivity contribution < 1.29 is 14.3 Å². The van der Waals surface area contributed by atoms with E-state index in [0.29, 0.717) is 10.7 Å². The number of anilines is 1. The Morgan fingerprint density at radius 3 is 2.68 bits per heavy atom. The Balaban J connectivity index is 2.01. The molecule has 0 bridgehead atoms. The highest BCUT2D eigenvalue weighted by molar-refractivity contribution is 14.1. The Morgan fingerprint density at radius 2 is 2.00 bits per heavy atom. The molecule has 2 aromatic carbocycles.